The minimum Gasteiger partial charge on any atom is -0.335 e. The average molecular weight is 377 g/mol. The lowest BCUT2D eigenvalue weighted by molar-refractivity contribution is -0.135. The van der Waals surface area contributed by atoms with Crippen molar-refractivity contribution in [2.75, 3.05) is 25.5 Å². The van der Waals surface area contributed by atoms with E-state index in [9.17, 15) is 18.4 Å². The van der Waals surface area contributed by atoms with Crippen molar-refractivity contribution in [3.63, 3.8) is 0 Å². The van der Waals surface area contributed by atoms with E-state index in [0.717, 1.165) is 9.37 Å². The van der Waals surface area contributed by atoms with Crippen molar-refractivity contribution in [1.29, 1.82) is 0 Å². The molecule has 1 saturated heterocycles. The fourth-order valence-electron chi connectivity index (χ4n) is 2.08. The van der Waals surface area contributed by atoms with E-state index in [1.165, 1.54) is 13.2 Å². The molecule has 1 atom stereocenters. The van der Waals surface area contributed by atoms with Gasteiger partial charge < -0.3 is 10.2 Å². The fourth-order valence-corrected chi connectivity index (χ4v) is 2.32. The Morgan fingerprint density at radius 1 is 1.55 bits per heavy atom. The highest BCUT2D eigenvalue weighted by Gasteiger charge is 2.43. The number of nitrogens with one attached hydrogen (secondary N) is 2. The van der Waals surface area contributed by atoms with Crippen LogP contribution in [0.1, 0.15) is 6.42 Å². The summed E-state index contributed by atoms with van der Waals surface area (Å²) in [5, 5.41) is 4.99. The zero-order valence-electron chi connectivity index (χ0n) is 11.8. The smallest absolute Gasteiger partial charge is 0.262 e. The molecule has 0 bridgehead atoms. The molecule has 2 rings (SSSR count). The van der Waals surface area contributed by atoms with Gasteiger partial charge >= 0.3 is 0 Å². The number of alkyl halides is 2. The van der Waals surface area contributed by atoms with E-state index >= 15 is 0 Å². The molecule has 1 aromatic rings. The van der Waals surface area contributed by atoms with Crippen molar-refractivity contribution in [1.82, 2.24) is 15.2 Å². The number of halogens is 3. The molecule has 0 aliphatic carbocycles. The molecule has 2 N–H and O–H groups in total. The van der Waals surface area contributed by atoms with Gasteiger partial charge in [0.25, 0.3) is 5.92 Å². The van der Waals surface area contributed by atoms with Crippen LogP contribution in [0.2, 0.25) is 0 Å². The molecule has 0 spiro atoms. The summed E-state index contributed by atoms with van der Waals surface area (Å²) >= 11 is 3.22. The van der Waals surface area contributed by atoms with Gasteiger partial charge in [0.2, 0.25) is 11.8 Å². The quantitative estimate of drug-likeness (QED) is 0.828. The third kappa shape index (κ3) is 4.44. The van der Waals surface area contributed by atoms with Gasteiger partial charge in [0.1, 0.15) is 5.82 Å². The highest BCUT2D eigenvalue weighted by atomic mass is 79.9. The van der Waals surface area contributed by atoms with E-state index in [0.29, 0.717) is 5.82 Å². The largest absolute Gasteiger partial charge is 0.335 e. The topological polar surface area (TPSA) is 74.3 Å². The second-order valence-corrected chi connectivity index (χ2v) is 6.01. The molecule has 22 heavy (non-hydrogen) atoms. The van der Waals surface area contributed by atoms with E-state index in [-0.39, 0.29) is 6.54 Å². The number of hydrogen-bond donors (Lipinski definition) is 2. The van der Waals surface area contributed by atoms with Gasteiger partial charge in [-0.1, -0.05) is 0 Å². The predicted molar refractivity (Wildman–Crippen MR) is 79.6 cm³/mol. The first kappa shape index (κ1) is 16.8. The summed E-state index contributed by atoms with van der Waals surface area (Å²) in [6, 6.07) is 2.35. The van der Waals surface area contributed by atoms with Crippen LogP contribution in [0, 0.1) is 0 Å². The van der Waals surface area contributed by atoms with Crippen LogP contribution >= 0.6 is 15.9 Å². The summed E-state index contributed by atoms with van der Waals surface area (Å²) < 4.78 is 26.9. The number of carbonyl (C=O) groups is 2. The molecule has 120 valence electrons. The van der Waals surface area contributed by atoms with Gasteiger partial charge in [-0.15, -0.1) is 0 Å². The molecule has 6 nitrogen and oxygen atoms in total. The summed E-state index contributed by atoms with van der Waals surface area (Å²) in [4.78, 5) is 28.9. The maximum atomic E-state index is 13.1. The molecular weight excluding hydrogens is 362 g/mol. The van der Waals surface area contributed by atoms with Gasteiger partial charge in [0, 0.05) is 24.1 Å². The number of hydrogen-bond acceptors (Lipinski definition) is 4. The Morgan fingerprint density at radius 3 is 2.82 bits per heavy atom. The van der Waals surface area contributed by atoms with Crippen LogP contribution in [-0.4, -0.2) is 53.8 Å². The third-order valence-electron chi connectivity index (χ3n) is 3.16. The van der Waals surface area contributed by atoms with Crippen LogP contribution in [0.4, 0.5) is 14.6 Å². The van der Waals surface area contributed by atoms with Gasteiger partial charge in [-0.3, -0.25) is 14.9 Å². The molecule has 2 amide bonds. The van der Waals surface area contributed by atoms with Crippen molar-refractivity contribution >= 4 is 33.6 Å². The van der Waals surface area contributed by atoms with Crippen molar-refractivity contribution in [2.24, 2.45) is 0 Å². The average Bonchev–Trinajstić information content (AvgIpc) is 2.80. The Bertz CT molecular complexity index is 568. The number of pyridine rings is 1. The minimum absolute atomic E-state index is 0.236. The van der Waals surface area contributed by atoms with Crippen LogP contribution in [0.15, 0.2) is 22.8 Å². The lowest BCUT2D eigenvalue weighted by Gasteiger charge is -2.20. The van der Waals surface area contributed by atoms with Crippen LogP contribution in [-0.2, 0) is 9.59 Å². The lowest BCUT2D eigenvalue weighted by atomic mass is 10.1. The van der Waals surface area contributed by atoms with Crippen LogP contribution in [0.3, 0.4) is 0 Å². The second-order valence-electron chi connectivity index (χ2n) is 5.10. The molecule has 2 heterocycles. The van der Waals surface area contributed by atoms with E-state index in [4.69, 9.17) is 0 Å². The van der Waals surface area contributed by atoms with Gasteiger partial charge in [-0.2, -0.15) is 0 Å². The maximum absolute atomic E-state index is 13.1. The first-order valence-corrected chi connectivity index (χ1v) is 7.34. The van der Waals surface area contributed by atoms with Crippen molar-refractivity contribution < 1.29 is 18.4 Å². The standard InChI is InChI=1S/C13H15BrF2N4O2/c1-20(12(22)9-4-13(15,16)7-18-9)6-11(21)19-10-3-2-8(14)5-17-10/h2-3,5,9,18H,4,6-7H2,1H3,(H,17,19,21). The van der Waals surface area contributed by atoms with Gasteiger partial charge in [0.05, 0.1) is 19.1 Å². The second kappa shape index (κ2) is 6.66. The first-order valence-electron chi connectivity index (χ1n) is 6.54. The van der Waals surface area contributed by atoms with E-state index in [1.54, 1.807) is 12.1 Å². The van der Waals surface area contributed by atoms with E-state index < -0.39 is 36.7 Å². The molecule has 1 aliphatic rings. The van der Waals surface area contributed by atoms with Gasteiger partial charge in [0.15, 0.2) is 0 Å². The highest BCUT2D eigenvalue weighted by Crippen LogP contribution is 2.25. The Morgan fingerprint density at radius 2 is 2.27 bits per heavy atom. The highest BCUT2D eigenvalue weighted by molar-refractivity contribution is 9.10. The first-order chi connectivity index (χ1) is 10.3. The predicted octanol–water partition coefficient (Wildman–Crippen LogP) is 1.24. The number of likely N-dealkylation sites (N-methyl/N-ethyl adjacent to an activating group) is 1. The molecule has 1 aromatic heterocycles. The van der Waals surface area contributed by atoms with E-state index in [1.807, 2.05) is 0 Å². The molecule has 0 saturated carbocycles. The van der Waals surface area contributed by atoms with Gasteiger partial charge in [-0.05, 0) is 28.1 Å². The Kier molecular flexibility index (Phi) is 5.07. The number of aromatic nitrogens is 1. The number of carbonyl (C=O) groups excluding carboxylic acids is 2. The fraction of sp³-hybridized carbons (Fsp3) is 0.462. The number of anilines is 1. The molecular formula is C13H15BrF2N4O2. The summed E-state index contributed by atoms with van der Waals surface area (Å²) in [6.07, 6.45) is 0.973. The SMILES string of the molecule is CN(CC(=O)Nc1ccc(Br)cn1)C(=O)C1CC(F)(F)CN1. The zero-order valence-corrected chi connectivity index (χ0v) is 13.4. The lowest BCUT2D eigenvalue weighted by Crippen LogP contribution is -2.44. The summed E-state index contributed by atoms with van der Waals surface area (Å²) in [6.45, 7) is -0.757. The van der Waals surface area contributed by atoms with Crippen LogP contribution in [0.5, 0.6) is 0 Å². The summed E-state index contributed by atoms with van der Waals surface area (Å²) in [5.74, 6) is -3.52. The van der Waals surface area contributed by atoms with Crippen molar-refractivity contribution in [3.05, 3.63) is 22.8 Å². The molecule has 9 heteroatoms. The Hall–Kier alpha value is -1.61. The number of rotatable bonds is 4. The monoisotopic (exact) mass is 376 g/mol. The van der Waals surface area contributed by atoms with Crippen LogP contribution < -0.4 is 10.6 Å². The Labute approximate surface area is 134 Å². The van der Waals surface area contributed by atoms with E-state index in [2.05, 4.69) is 31.5 Å². The normalized spacial score (nSPS) is 19.7. The number of nitrogens with zero attached hydrogens (tertiary/aromatic N) is 2. The van der Waals surface area contributed by atoms with Crippen LogP contribution in [0.25, 0.3) is 0 Å². The Balaban J connectivity index is 1.85. The third-order valence-corrected chi connectivity index (χ3v) is 3.63. The molecule has 1 aliphatic heterocycles. The van der Waals surface area contributed by atoms with Gasteiger partial charge in [-0.25, -0.2) is 13.8 Å². The van der Waals surface area contributed by atoms with Crippen molar-refractivity contribution in [3.8, 4) is 0 Å². The summed E-state index contributed by atoms with van der Waals surface area (Å²) in [7, 11) is 1.40. The zero-order chi connectivity index (χ0) is 16.3. The number of amides is 2. The molecule has 0 radical (unpaired) electrons. The summed E-state index contributed by atoms with van der Waals surface area (Å²) in [5.41, 5.74) is 0. The van der Waals surface area contributed by atoms with Crippen molar-refractivity contribution in [2.45, 2.75) is 18.4 Å². The maximum Gasteiger partial charge on any atom is 0.262 e. The molecule has 1 unspecified atom stereocenters. The minimum atomic E-state index is -2.88. The molecule has 0 aromatic carbocycles. The molecule has 1 fully saturated rings.